The van der Waals surface area contributed by atoms with Gasteiger partial charge in [-0.3, -0.25) is 4.79 Å². The molecule has 0 aromatic rings. The van der Waals surface area contributed by atoms with Gasteiger partial charge in [0.25, 0.3) is 0 Å². The van der Waals surface area contributed by atoms with Crippen molar-refractivity contribution in [1.29, 1.82) is 0 Å². The minimum absolute atomic E-state index is 0.0792. The van der Waals surface area contributed by atoms with Gasteiger partial charge in [-0.1, -0.05) is 0 Å². The molecule has 0 spiro atoms. The van der Waals surface area contributed by atoms with Gasteiger partial charge in [0.15, 0.2) is 9.84 Å². The molecule has 0 aromatic carbocycles. The Morgan fingerprint density at radius 2 is 1.82 bits per heavy atom. The van der Waals surface area contributed by atoms with E-state index in [0.29, 0.717) is 6.42 Å². The quantitative estimate of drug-likeness (QED) is 0.731. The van der Waals surface area contributed by atoms with E-state index < -0.39 is 9.84 Å². The fourth-order valence-corrected chi connectivity index (χ4v) is 5.24. The summed E-state index contributed by atoms with van der Waals surface area (Å²) in [7, 11) is -1.12. The van der Waals surface area contributed by atoms with Crippen molar-refractivity contribution < 1.29 is 13.2 Å². The minimum Gasteiger partial charge on any atom is -0.341 e. The number of sulfone groups is 1. The largest absolute Gasteiger partial charge is 0.341 e. The van der Waals surface area contributed by atoms with Crippen molar-refractivity contribution in [3.05, 3.63) is 0 Å². The van der Waals surface area contributed by atoms with Crippen LogP contribution in [0.5, 0.6) is 0 Å². The Hall–Kier alpha value is -0.580. The van der Waals surface area contributed by atoms with Gasteiger partial charge in [-0.2, -0.15) is 0 Å². The number of hydrogen-bond acceptors (Lipinski definition) is 3. The van der Waals surface area contributed by atoms with Gasteiger partial charge in [0.1, 0.15) is 0 Å². The molecule has 1 amide bonds. The van der Waals surface area contributed by atoms with Gasteiger partial charge in [-0.15, -0.1) is 0 Å². The summed E-state index contributed by atoms with van der Waals surface area (Å²) in [6.45, 7) is 0. The first kappa shape index (κ1) is 11.5. The molecule has 3 unspecified atom stereocenters. The molecule has 1 aliphatic heterocycles. The highest BCUT2D eigenvalue weighted by atomic mass is 32.2. The predicted molar refractivity (Wildman–Crippen MR) is 64.1 cm³/mol. The summed E-state index contributed by atoms with van der Waals surface area (Å²) < 4.78 is 22.8. The molecule has 0 bridgehead atoms. The van der Waals surface area contributed by atoms with Gasteiger partial charge >= 0.3 is 0 Å². The van der Waals surface area contributed by atoms with Crippen LogP contribution in [0.4, 0.5) is 0 Å². The molecule has 4 nitrogen and oxygen atoms in total. The van der Waals surface area contributed by atoms with Crippen LogP contribution < -0.4 is 0 Å². The first-order valence-electron chi connectivity index (χ1n) is 6.43. The molecule has 17 heavy (non-hydrogen) atoms. The molecule has 0 N–H and O–H groups in total. The lowest BCUT2D eigenvalue weighted by molar-refractivity contribution is -0.136. The number of carbonyl (C=O) groups is 1. The second-order valence-corrected chi connectivity index (χ2v) is 8.16. The summed E-state index contributed by atoms with van der Waals surface area (Å²) in [6.07, 6.45) is 4.00. The van der Waals surface area contributed by atoms with E-state index in [4.69, 9.17) is 0 Å². The second kappa shape index (κ2) is 3.70. The third-order valence-corrected chi connectivity index (χ3v) is 6.45. The van der Waals surface area contributed by atoms with E-state index >= 15 is 0 Å². The van der Waals surface area contributed by atoms with Gasteiger partial charge in [-0.25, -0.2) is 8.42 Å². The monoisotopic (exact) mass is 257 g/mol. The molecule has 2 aliphatic carbocycles. The van der Waals surface area contributed by atoms with E-state index in [1.54, 1.807) is 11.9 Å². The fourth-order valence-electron chi connectivity index (χ4n) is 3.47. The Kier molecular flexibility index (Phi) is 2.51. The Morgan fingerprint density at radius 1 is 1.18 bits per heavy atom. The number of fused-ring (bicyclic) bond motifs is 1. The average Bonchev–Trinajstić information content (AvgIpc) is 2.72. The SMILES string of the molecule is CN(C(=O)C1CC2CC2C1)C1CCS(=O)(=O)C1. The lowest BCUT2D eigenvalue weighted by Gasteiger charge is -2.26. The first-order chi connectivity index (χ1) is 7.96. The van der Waals surface area contributed by atoms with E-state index in [1.165, 1.54) is 6.42 Å². The van der Waals surface area contributed by atoms with Crippen LogP contribution in [-0.2, 0) is 14.6 Å². The van der Waals surface area contributed by atoms with E-state index in [0.717, 1.165) is 24.7 Å². The molecule has 3 atom stereocenters. The van der Waals surface area contributed by atoms with Crippen molar-refractivity contribution in [2.75, 3.05) is 18.6 Å². The van der Waals surface area contributed by atoms with Crippen molar-refractivity contribution in [3.63, 3.8) is 0 Å². The smallest absolute Gasteiger partial charge is 0.225 e. The van der Waals surface area contributed by atoms with Gasteiger partial charge in [0, 0.05) is 19.0 Å². The van der Waals surface area contributed by atoms with Crippen LogP contribution in [0.2, 0.25) is 0 Å². The lowest BCUT2D eigenvalue weighted by Crippen LogP contribution is -2.41. The van der Waals surface area contributed by atoms with E-state index in [9.17, 15) is 13.2 Å². The van der Waals surface area contributed by atoms with Crippen LogP contribution in [0.15, 0.2) is 0 Å². The molecular weight excluding hydrogens is 238 g/mol. The standard InChI is InChI=1S/C12H19NO3S/c1-13(11-2-3-17(15,16)7-11)12(14)10-5-8-4-9(8)6-10/h8-11H,2-7H2,1H3. The van der Waals surface area contributed by atoms with Crippen LogP contribution in [0.25, 0.3) is 0 Å². The molecular formula is C12H19NO3S. The minimum atomic E-state index is -2.89. The van der Waals surface area contributed by atoms with Crippen LogP contribution >= 0.6 is 0 Å². The highest BCUT2D eigenvalue weighted by Crippen LogP contribution is 2.54. The highest BCUT2D eigenvalue weighted by molar-refractivity contribution is 7.91. The Bertz CT molecular complexity index is 435. The summed E-state index contributed by atoms with van der Waals surface area (Å²) in [4.78, 5) is 13.9. The maximum absolute atomic E-state index is 12.2. The molecule has 3 rings (SSSR count). The van der Waals surface area contributed by atoms with Crippen LogP contribution in [0.1, 0.15) is 25.7 Å². The van der Waals surface area contributed by atoms with Crippen molar-refractivity contribution in [3.8, 4) is 0 Å². The zero-order chi connectivity index (χ0) is 12.2. The molecule has 2 saturated carbocycles. The summed E-state index contributed by atoms with van der Waals surface area (Å²) in [5.41, 5.74) is 0. The molecule has 1 saturated heterocycles. The molecule has 0 radical (unpaired) electrons. The van der Waals surface area contributed by atoms with Gasteiger partial charge in [-0.05, 0) is 37.5 Å². The van der Waals surface area contributed by atoms with Crippen molar-refractivity contribution in [1.82, 2.24) is 4.90 Å². The van der Waals surface area contributed by atoms with Crippen molar-refractivity contribution >= 4 is 15.7 Å². The number of hydrogen-bond donors (Lipinski definition) is 0. The summed E-state index contributed by atoms with van der Waals surface area (Å²) >= 11 is 0. The number of carbonyl (C=O) groups excluding carboxylic acids is 1. The van der Waals surface area contributed by atoms with Crippen molar-refractivity contribution in [2.45, 2.75) is 31.7 Å². The highest BCUT2D eigenvalue weighted by Gasteiger charge is 2.49. The Morgan fingerprint density at radius 3 is 2.35 bits per heavy atom. The fraction of sp³-hybridized carbons (Fsp3) is 0.917. The third kappa shape index (κ3) is 2.09. The zero-order valence-corrected chi connectivity index (χ0v) is 10.9. The van der Waals surface area contributed by atoms with Crippen molar-refractivity contribution in [2.24, 2.45) is 17.8 Å². The Labute approximate surface area is 102 Å². The topological polar surface area (TPSA) is 54.5 Å². The summed E-state index contributed by atoms with van der Waals surface area (Å²) in [5, 5.41) is 0. The number of amides is 1. The van der Waals surface area contributed by atoms with E-state index in [-0.39, 0.29) is 29.4 Å². The first-order valence-corrected chi connectivity index (χ1v) is 8.25. The second-order valence-electron chi connectivity index (χ2n) is 5.93. The zero-order valence-electron chi connectivity index (χ0n) is 10.1. The van der Waals surface area contributed by atoms with Gasteiger partial charge in [0.2, 0.25) is 5.91 Å². The molecule has 3 fully saturated rings. The lowest BCUT2D eigenvalue weighted by atomic mass is 10.0. The van der Waals surface area contributed by atoms with Gasteiger partial charge in [0.05, 0.1) is 11.5 Å². The molecule has 96 valence electrons. The Balaban J connectivity index is 1.62. The van der Waals surface area contributed by atoms with Crippen LogP contribution in [-0.4, -0.2) is 43.8 Å². The number of nitrogens with zero attached hydrogens (tertiary/aromatic N) is 1. The van der Waals surface area contributed by atoms with Crippen LogP contribution in [0.3, 0.4) is 0 Å². The molecule has 5 heteroatoms. The van der Waals surface area contributed by atoms with E-state index in [2.05, 4.69) is 0 Å². The summed E-state index contributed by atoms with van der Waals surface area (Å²) in [6, 6.07) is -0.0792. The molecule has 1 heterocycles. The predicted octanol–water partition coefficient (Wildman–Crippen LogP) is 0.678. The summed E-state index contributed by atoms with van der Waals surface area (Å²) in [5.74, 6) is 2.35. The molecule has 0 aromatic heterocycles. The van der Waals surface area contributed by atoms with E-state index in [1.807, 2.05) is 0 Å². The van der Waals surface area contributed by atoms with Crippen LogP contribution in [0, 0.1) is 17.8 Å². The molecule has 3 aliphatic rings. The maximum atomic E-state index is 12.2. The number of rotatable bonds is 2. The average molecular weight is 257 g/mol. The van der Waals surface area contributed by atoms with Gasteiger partial charge < -0.3 is 4.90 Å². The maximum Gasteiger partial charge on any atom is 0.225 e. The normalized spacial score (nSPS) is 42.2. The third-order valence-electron chi connectivity index (χ3n) is 4.70.